The van der Waals surface area contributed by atoms with Crippen molar-refractivity contribution in [1.82, 2.24) is 15.5 Å². The number of hydrogen-bond acceptors (Lipinski definition) is 4. The second-order valence-electron chi connectivity index (χ2n) is 10.4. The maximum atomic E-state index is 12.9. The minimum Gasteiger partial charge on any atom is -0.435 e. The fourth-order valence-electron chi connectivity index (χ4n) is 5.61. The lowest BCUT2D eigenvalue weighted by Gasteiger charge is -2.32. The summed E-state index contributed by atoms with van der Waals surface area (Å²) >= 11 is 0. The summed E-state index contributed by atoms with van der Waals surface area (Å²) in [6.07, 6.45) is -2.22. The van der Waals surface area contributed by atoms with Crippen molar-refractivity contribution in [2.45, 2.75) is 50.5 Å². The van der Waals surface area contributed by atoms with Crippen LogP contribution in [0, 0.1) is 0 Å². The number of carboxylic acid groups (broad SMARTS) is 1. The van der Waals surface area contributed by atoms with Crippen LogP contribution in [0.3, 0.4) is 0 Å². The van der Waals surface area contributed by atoms with Crippen molar-refractivity contribution >= 4 is 17.9 Å². The van der Waals surface area contributed by atoms with Gasteiger partial charge in [-0.1, -0.05) is 36.4 Å². The molecule has 2 aromatic carbocycles. The Morgan fingerprint density at radius 3 is 2.49 bits per heavy atom. The van der Waals surface area contributed by atoms with E-state index < -0.39 is 29.6 Å². The molecule has 0 radical (unpaired) electrons. The van der Waals surface area contributed by atoms with Crippen LogP contribution in [0.5, 0.6) is 0 Å². The van der Waals surface area contributed by atoms with E-state index in [-0.39, 0.29) is 28.7 Å². The Bertz CT molecular complexity index is 1180. The molecule has 3 atom stereocenters. The highest BCUT2D eigenvalue weighted by Gasteiger charge is 2.41. The Morgan fingerprint density at radius 1 is 1.00 bits per heavy atom. The third kappa shape index (κ3) is 7.36. The molecule has 2 heterocycles. The average Bonchev–Trinajstić information content (AvgIpc) is 3.26. The number of benzene rings is 2. The standard InChI is InChI=1S/C28H33F3N4O4/c29-28(30,31)22-9-4-8-21(16-22)26(37)32-17-25(36)33-23-11-13-34(18-23)24-10-5-14-35(15-12-24,27(38)39)19-20-6-2-1-3-7-20/h1-4,6-9,16,23-24H,5,10-15,17-19H2,(H2-,32,33,36,37,38,39)/p+1/t23-,24-,35?/m1/s1. The van der Waals surface area contributed by atoms with Gasteiger partial charge in [-0.15, -0.1) is 0 Å². The summed E-state index contributed by atoms with van der Waals surface area (Å²) in [5.74, 6) is -1.16. The average molecular weight is 548 g/mol. The second kappa shape index (κ2) is 12.2. The lowest BCUT2D eigenvalue weighted by Crippen LogP contribution is -2.52. The highest BCUT2D eigenvalue weighted by atomic mass is 19.4. The van der Waals surface area contributed by atoms with Crippen LogP contribution < -0.4 is 10.6 Å². The number of nitrogens with zero attached hydrogens (tertiary/aromatic N) is 2. The molecule has 0 aromatic heterocycles. The van der Waals surface area contributed by atoms with Crippen LogP contribution in [-0.4, -0.2) is 77.2 Å². The molecule has 0 aliphatic carbocycles. The van der Waals surface area contributed by atoms with Gasteiger partial charge >= 0.3 is 12.3 Å². The van der Waals surface area contributed by atoms with Crippen LogP contribution in [-0.2, 0) is 17.5 Å². The molecule has 2 aliphatic rings. The van der Waals surface area contributed by atoms with Crippen molar-refractivity contribution in [2.75, 3.05) is 32.7 Å². The third-order valence-electron chi connectivity index (χ3n) is 7.71. The van der Waals surface area contributed by atoms with Gasteiger partial charge in [0.15, 0.2) is 0 Å². The number of carbonyl (C=O) groups excluding carboxylic acids is 2. The number of amides is 3. The Balaban J connectivity index is 1.25. The Labute approximate surface area is 225 Å². The Hall–Kier alpha value is -3.44. The van der Waals surface area contributed by atoms with E-state index in [1.54, 1.807) is 0 Å². The molecule has 3 N–H and O–H groups in total. The summed E-state index contributed by atoms with van der Waals surface area (Å²) in [6.45, 7) is 2.62. The monoisotopic (exact) mass is 547 g/mol. The largest absolute Gasteiger partial charge is 0.513 e. The molecule has 2 aromatic rings. The van der Waals surface area contributed by atoms with Crippen molar-refractivity contribution in [1.29, 1.82) is 0 Å². The van der Waals surface area contributed by atoms with E-state index in [0.717, 1.165) is 56.0 Å². The second-order valence-corrected chi connectivity index (χ2v) is 10.4. The first kappa shape index (κ1) is 28.6. The van der Waals surface area contributed by atoms with Gasteiger partial charge < -0.3 is 15.7 Å². The number of carbonyl (C=O) groups is 3. The number of halogens is 3. The maximum absolute atomic E-state index is 12.9. The molecule has 210 valence electrons. The lowest BCUT2D eigenvalue weighted by molar-refractivity contribution is -0.870. The van der Waals surface area contributed by atoms with E-state index in [1.165, 1.54) is 6.07 Å². The van der Waals surface area contributed by atoms with E-state index in [2.05, 4.69) is 15.5 Å². The quantitative estimate of drug-likeness (QED) is 0.457. The molecule has 1 unspecified atom stereocenters. The van der Waals surface area contributed by atoms with Crippen molar-refractivity contribution in [3.63, 3.8) is 0 Å². The molecule has 11 heteroatoms. The highest BCUT2D eigenvalue weighted by molar-refractivity contribution is 5.96. The molecule has 2 aliphatic heterocycles. The van der Waals surface area contributed by atoms with Crippen LogP contribution in [0.4, 0.5) is 18.0 Å². The minimum absolute atomic E-state index is 0.0140. The number of nitrogens with one attached hydrogen (secondary N) is 2. The zero-order valence-corrected chi connectivity index (χ0v) is 21.6. The van der Waals surface area contributed by atoms with Crippen LogP contribution in [0.2, 0.25) is 0 Å². The molecule has 2 fully saturated rings. The predicted molar refractivity (Wildman–Crippen MR) is 138 cm³/mol. The zero-order valence-electron chi connectivity index (χ0n) is 21.6. The van der Waals surface area contributed by atoms with Gasteiger partial charge in [0.25, 0.3) is 5.91 Å². The molecule has 39 heavy (non-hydrogen) atoms. The van der Waals surface area contributed by atoms with Gasteiger partial charge in [0.2, 0.25) is 5.91 Å². The first-order chi connectivity index (χ1) is 18.6. The SMILES string of the molecule is O=C(CNC(=O)c1cccc(C(F)(F)F)c1)N[C@@H]1CCN([C@@H]2CCC[N+](Cc3ccccc3)(C(=O)O)CC2)C1. The number of hydrogen-bond donors (Lipinski definition) is 3. The van der Waals surface area contributed by atoms with Gasteiger partial charge in [0.1, 0.15) is 6.54 Å². The van der Waals surface area contributed by atoms with Crippen LogP contribution in [0.25, 0.3) is 0 Å². The van der Waals surface area contributed by atoms with Gasteiger partial charge in [0, 0.05) is 42.7 Å². The first-order valence-corrected chi connectivity index (χ1v) is 13.2. The summed E-state index contributed by atoms with van der Waals surface area (Å²) in [7, 11) is 0. The molecule has 2 saturated heterocycles. The highest BCUT2D eigenvalue weighted by Crippen LogP contribution is 2.30. The summed E-state index contributed by atoms with van der Waals surface area (Å²) < 4.78 is 38.7. The fourth-order valence-corrected chi connectivity index (χ4v) is 5.61. The van der Waals surface area contributed by atoms with E-state index >= 15 is 0 Å². The van der Waals surface area contributed by atoms with Crippen molar-refractivity contribution < 1.29 is 37.1 Å². The van der Waals surface area contributed by atoms with Gasteiger partial charge in [0.05, 0.1) is 25.2 Å². The van der Waals surface area contributed by atoms with Gasteiger partial charge in [-0.2, -0.15) is 18.0 Å². The minimum atomic E-state index is -4.56. The smallest absolute Gasteiger partial charge is 0.435 e. The molecule has 4 rings (SSSR count). The summed E-state index contributed by atoms with van der Waals surface area (Å²) in [4.78, 5) is 39.3. The van der Waals surface area contributed by atoms with E-state index in [1.807, 2.05) is 30.3 Å². The predicted octanol–water partition coefficient (Wildman–Crippen LogP) is 3.87. The van der Waals surface area contributed by atoms with Crippen LogP contribution in [0.1, 0.15) is 47.2 Å². The van der Waals surface area contributed by atoms with Crippen molar-refractivity contribution in [3.8, 4) is 0 Å². The van der Waals surface area contributed by atoms with E-state index in [0.29, 0.717) is 26.2 Å². The Morgan fingerprint density at radius 2 is 1.77 bits per heavy atom. The van der Waals surface area contributed by atoms with Gasteiger partial charge in [-0.25, -0.2) is 4.48 Å². The number of rotatable bonds is 7. The van der Waals surface area contributed by atoms with E-state index in [9.17, 15) is 32.7 Å². The molecule has 0 spiro atoms. The molecule has 0 saturated carbocycles. The van der Waals surface area contributed by atoms with Crippen LogP contribution in [0.15, 0.2) is 54.6 Å². The molecule has 8 nitrogen and oxygen atoms in total. The van der Waals surface area contributed by atoms with E-state index in [4.69, 9.17) is 0 Å². The number of quaternary nitrogens is 1. The molecule has 0 bridgehead atoms. The fraction of sp³-hybridized carbons (Fsp3) is 0.464. The maximum Gasteiger partial charge on any atom is 0.513 e. The van der Waals surface area contributed by atoms with Crippen molar-refractivity contribution in [2.24, 2.45) is 0 Å². The topological polar surface area (TPSA) is 98.7 Å². The summed E-state index contributed by atoms with van der Waals surface area (Å²) in [5, 5.41) is 15.4. The first-order valence-electron chi connectivity index (χ1n) is 13.2. The van der Waals surface area contributed by atoms with Gasteiger partial charge in [-0.3, -0.25) is 14.5 Å². The third-order valence-corrected chi connectivity index (χ3v) is 7.71. The number of alkyl halides is 3. The lowest BCUT2D eigenvalue weighted by atomic mass is 10.1. The normalized spacial score (nSPS) is 24.1. The molecular formula is C28H34F3N4O4+. The Kier molecular flexibility index (Phi) is 8.91. The number of likely N-dealkylation sites (tertiary alicyclic amines) is 2. The van der Waals surface area contributed by atoms with Crippen molar-refractivity contribution in [3.05, 3.63) is 71.3 Å². The molecule has 3 amide bonds. The summed E-state index contributed by atoms with van der Waals surface area (Å²) in [6, 6.07) is 13.8. The molecular weight excluding hydrogens is 513 g/mol. The zero-order chi connectivity index (χ0) is 28.0. The van der Waals surface area contributed by atoms with Gasteiger partial charge in [-0.05, 0) is 37.5 Å². The van der Waals surface area contributed by atoms with Crippen LogP contribution >= 0.6 is 0 Å². The summed E-state index contributed by atoms with van der Waals surface area (Å²) in [5.41, 5.74) is -0.0906.